The van der Waals surface area contributed by atoms with E-state index in [1.54, 1.807) is 24.3 Å². The van der Waals surface area contributed by atoms with Crippen LogP contribution in [0.5, 0.6) is 0 Å². The van der Waals surface area contributed by atoms with Crippen LogP contribution < -0.4 is 10.6 Å². The number of rotatable bonds is 4. The predicted octanol–water partition coefficient (Wildman–Crippen LogP) is 4.84. The highest BCUT2D eigenvalue weighted by atomic mass is 35.5. The van der Waals surface area contributed by atoms with Crippen molar-refractivity contribution in [2.24, 2.45) is 5.92 Å². The molecule has 3 aromatic rings. The minimum absolute atomic E-state index is 0.206. The van der Waals surface area contributed by atoms with Gasteiger partial charge in [0.1, 0.15) is 29.3 Å². The van der Waals surface area contributed by atoms with Gasteiger partial charge in [-0.15, -0.1) is 0 Å². The molecule has 1 aliphatic heterocycles. The minimum Gasteiger partial charge on any atom is -0.459 e. The number of halogens is 5. The zero-order valence-corrected chi connectivity index (χ0v) is 17.2. The van der Waals surface area contributed by atoms with Crippen molar-refractivity contribution in [3.05, 3.63) is 82.8 Å². The van der Waals surface area contributed by atoms with Gasteiger partial charge in [-0.1, -0.05) is 23.7 Å². The summed E-state index contributed by atoms with van der Waals surface area (Å²) in [6.45, 7) is 0. The second kappa shape index (κ2) is 8.20. The number of Topliss-reactive ketones (excluding diaryl/α,β-unsaturated/α-hetero) is 1. The highest BCUT2D eigenvalue weighted by Gasteiger charge is 2.66. The molecule has 1 aliphatic rings. The summed E-state index contributed by atoms with van der Waals surface area (Å²) in [5.74, 6) is -4.18. The monoisotopic (exact) mass is 482 g/mol. The average Bonchev–Trinajstić information content (AvgIpc) is 3.23. The molecule has 172 valence electrons. The van der Waals surface area contributed by atoms with Crippen molar-refractivity contribution in [1.29, 1.82) is 0 Å². The number of carbonyl (C=O) groups is 2. The van der Waals surface area contributed by atoms with Gasteiger partial charge in [-0.2, -0.15) is 13.2 Å². The van der Waals surface area contributed by atoms with E-state index in [1.807, 2.05) is 0 Å². The van der Waals surface area contributed by atoms with E-state index in [9.17, 15) is 32.3 Å². The Hall–Kier alpha value is -3.37. The lowest BCUT2D eigenvalue weighted by atomic mass is 9.79. The molecule has 2 amide bonds. The number of hydrogen-bond acceptors (Lipinski definition) is 4. The molecule has 3 N–H and O–H groups in total. The summed E-state index contributed by atoms with van der Waals surface area (Å²) in [6, 6.07) is 9.87. The average molecular weight is 483 g/mol. The summed E-state index contributed by atoms with van der Waals surface area (Å²) in [5.41, 5.74) is -3.72. The van der Waals surface area contributed by atoms with Gasteiger partial charge in [0, 0.05) is 16.1 Å². The maximum Gasteiger partial charge on any atom is 0.437 e. The van der Waals surface area contributed by atoms with Crippen molar-refractivity contribution in [2.45, 2.75) is 17.9 Å². The van der Waals surface area contributed by atoms with E-state index in [0.29, 0.717) is 10.6 Å². The van der Waals surface area contributed by atoms with Crippen LogP contribution in [-0.2, 0) is 0 Å². The number of alkyl halides is 3. The summed E-state index contributed by atoms with van der Waals surface area (Å²) in [6.07, 6.45) is -5.42. The second-order valence-electron chi connectivity index (χ2n) is 7.40. The van der Waals surface area contributed by atoms with Crippen LogP contribution in [0.15, 0.2) is 65.1 Å². The molecule has 2 heterocycles. The summed E-state index contributed by atoms with van der Waals surface area (Å²) in [7, 11) is 0. The quantitative estimate of drug-likeness (QED) is 0.366. The Bertz CT molecular complexity index is 1210. The van der Waals surface area contributed by atoms with Crippen LogP contribution in [0.4, 0.5) is 22.4 Å². The number of urea groups is 1. The van der Waals surface area contributed by atoms with Crippen LogP contribution in [-0.4, -0.2) is 28.8 Å². The molecular weight excluding hydrogens is 468 g/mol. The Kier molecular flexibility index (Phi) is 5.67. The third kappa shape index (κ3) is 4.19. The first-order valence-corrected chi connectivity index (χ1v) is 9.90. The van der Waals surface area contributed by atoms with Gasteiger partial charge in [-0.3, -0.25) is 4.79 Å². The van der Waals surface area contributed by atoms with E-state index in [0.717, 1.165) is 24.3 Å². The molecule has 1 saturated heterocycles. The molecule has 0 spiro atoms. The lowest BCUT2D eigenvalue weighted by molar-refractivity contribution is -0.288. The first kappa shape index (κ1) is 22.8. The van der Waals surface area contributed by atoms with Crippen LogP contribution in [0.1, 0.15) is 22.2 Å². The Morgan fingerprint density at radius 3 is 2.42 bits per heavy atom. The van der Waals surface area contributed by atoms with Crippen molar-refractivity contribution in [1.82, 2.24) is 10.6 Å². The van der Waals surface area contributed by atoms with E-state index in [1.165, 1.54) is 17.4 Å². The predicted molar refractivity (Wildman–Crippen MR) is 109 cm³/mol. The minimum atomic E-state index is -5.42. The third-order valence-corrected chi connectivity index (χ3v) is 5.50. The number of aliphatic hydroxyl groups is 1. The highest BCUT2D eigenvalue weighted by molar-refractivity contribution is 6.30. The number of benzene rings is 2. The van der Waals surface area contributed by atoms with Gasteiger partial charge < -0.3 is 20.2 Å². The van der Waals surface area contributed by atoms with E-state index >= 15 is 0 Å². The van der Waals surface area contributed by atoms with Gasteiger partial charge in [-0.05, 0) is 48.5 Å². The Balaban J connectivity index is 1.81. The number of carbonyl (C=O) groups excluding carboxylic acids is 2. The molecule has 0 bridgehead atoms. The molecular formula is C22H15ClF4N2O4. The smallest absolute Gasteiger partial charge is 0.437 e. The zero-order valence-electron chi connectivity index (χ0n) is 16.5. The van der Waals surface area contributed by atoms with Crippen LogP contribution in [0.2, 0.25) is 5.02 Å². The Morgan fingerprint density at radius 2 is 1.79 bits per heavy atom. The van der Waals surface area contributed by atoms with Crippen molar-refractivity contribution in [3.63, 3.8) is 0 Å². The lowest BCUT2D eigenvalue weighted by Crippen LogP contribution is -2.72. The normalized spacial score (nSPS) is 23.0. The summed E-state index contributed by atoms with van der Waals surface area (Å²) < 4.78 is 60.8. The van der Waals surface area contributed by atoms with Gasteiger partial charge in [0.05, 0.1) is 0 Å². The fourth-order valence-corrected chi connectivity index (χ4v) is 3.88. The Labute approximate surface area is 189 Å². The van der Waals surface area contributed by atoms with Gasteiger partial charge in [-0.25, -0.2) is 9.18 Å². The maximum atomic E-state index is 13.9. The van der Waals surface area contributed by atoms with Crippen LogP contribution in [0.3, 0.4) is 0 Å². The summed E-state index contributed by atoms with van der Waals surface area (Å²) in [5, 5.41) is 14.6. The van der Waals surface area contributed by atoms with Crippen LogP contribution in [0.25, 0.3) is 11.3 Å². The Morgan fingerprint density at radius 1 is 1.09 bits per heavy atom. The standard InChI is InChI=1S/C22H15ClF4N2O4/c23-13-3-1-2-12(10-13)15-8-9-16(33-15)18-17(19(30)11-4-6-14(24)7-5-11)21(32,22(25,26)27)29-20(31)28-18/h1-10,17-18,32H,(H2,28,29,31)/t17-,18-,21-/m1/s1. The van der Waals surface area contributed by atoms with Crippen molar-refractivity contribution in [2.75, 3.05) is 0 Å². The molecule has 0 unspecified atom stereocenters. The van der Waals surface area contributed by atoms with E-state index < -0.39 is 41.5 Å². The van der Waals surface area contributed by atoms with Crippen LogP contribution in [0, 0.1) is 11.7 Å². The lowest BCUT2D eigenvalue weighted by Gasteiger charge is -2.44. The van der Waals surface area contributed by atoms with Gasteiger partial charge in [0.2, 0.25) is 5.72 Å². The molecule has 6 nitrogen and oxygen atoms in total. The largest absolute Gasteiger partial charge is 0.459 e. The maximum absolute atomic E-state index is 13.9. The second-order valence-corrected chi connectivity index (χ2v) is 7.84. The molecule has 0 radical (unpaired) electrons. The zero-order chi connectivity index (χ0) is 24.0. The molecule has 1 fully saturated rings. The SMILES string of the molecule is O=C1N[C@H](c2ccc(-c3cccc(Cl)c3)o2)[C@H](C(=O)c2ccc(F)cc2)[C@@](O)(C(F)(F)F)N1. The van der Waals surface area contributed by atoms with Gasteiger partial charge >= 0.3 is 12.2 Å². The fourth-order valence-electron chi connectivity index (χ4n) is 3.69. The molecule has 4 rings (SSSR count). The number of hydrogen-bond donors (Lipinski definition) is 3. The van der Waals surface area contributed by atoms with Gasteiger partial charge in [0.15, 0.2) is 5.78 Å². The number of furan rings is 1. The topological polar surface area (TPSA) is 91.6 Å². The molecule has 2 aromatic carbocycles. The first-order valence-electron chi connectivity index (χ1n) is 9.53. The number of amides is 2. The van der Waals surface area contributed by atoms with Crippen molar-refractivity contribution < 1.29 is 36.7 Å². The highest BCUT2D eigenvalue weighted by Crippen LogP contribution is 2.44. The number of ketones is 1. The van der Waals surface area contributed by atoms with Gasteiger partial charge in [0.25, 0.3) is 0 Å². The molecule has 3 atom stereocenters. The molecule has 1 aromatic heterocycles. The summed E-state index contributed by atoms with van der Waals surface area (Å²) >= 11 is 5.96. The summed E-state index contributed by atoms with van der Waals surface area (Å²) in [4.78, 5) is 25.2. The molecule has 0 saturated carbocycles. The molecule has 0 aliphatic carbocycles. The van der Waals surface area contributed by atoms with Crippen molar-refractivity contribution >= 4 is 23.4 Å². The third-order valence-electron chi connectivity index (χ3n) is 5.26. The van der Waals surface area contributed by atoms with E-state index in [-0.39, 0.29) is 17.1 Å². The van der Waals surface area contributed by atoms with E-state index in [4.69, 9.17) is 16.0 Å². The van der Waals surface area contributed by atoms with E-state index in [2.05, 4.69) is 5.32 Å². The molecule has 33 heavy (non-hydrogen) atoms. The first-order chi connectivity index (χ1) is 15.5. The number of nitrogens with one attached hydrogen (secondary N) is 2. The van der Waals surface area contributed by atoms with Crippen molar-refractivity contribution in [3.8, 4) is 11.3 Å². The fraction of sp³-hybridized carbons (Fsp3) is 0.182. The van der Waals surface area contributed by atoms with Crippen LogP contribution >= 0.6 is 11.6 Å². The molecule has 11 heteroatoms.